The Bertz CT molecular complexity index is 472. The van der Waals surface area contributed by atoms with Crippen LogP contribution in [-0.4, -0.2) is 0 Å². The highest BCUT2D eigenvalue weighted by atomic mass is 127. The van der Waals surface area contributed by atoms with Gasteiger partial charge in [0.25, 0.3) is 0 Å². The molecule has 0 saturated carbocycles. The minimum atomic E-state index is 1.30. The summed E-state index contributed by atoms with van der Waals surface area (Å²) >= 11 is 2.42. The largest absolute Gasteiger partial charge is 0.0622 e. The summed E-state index contributed by atoms with van der Waals surface area (Å²) in [4.78, 5) is 0. The Morgan fingerprint density at radius 1 is 0.867 bits per heavy atom. The molecule has 2 aromatic rings. The van der Waals surface area contributed by atoms with Crippen LogP contribution in [0.2, 0.25) is 0 Å². The Kier molecular flexibility index (Phi) is 3.10. The maximum absolute atomic E-state index is 2.42. The van der Waals surface area contributed by atoms with Gasteiger partial charge in [-0.25, -0.2) is 0 Å². The van der Waals surface area contributed by atoms with Gasteiger partial charge in [-0.3, -0.25) is 0 Å². The Morgan fingerprint density at radius 3 is 2.20 bits per heavy atom. The lowest BCUT2D eigenvalue weighted by Crippen LogP contribution is -1.90. The lowest BCUT2D eigenvalue weighted by atomic mass is 9.99. The van der Waals surface area contributed by atoms with E-state index in [0.717, 1.165) is 0 Å². The van der Waals surface area contributed by atoms with Gasteiger partial charge in [-0.05, 0) is 58.7 Å². The van der Waals surface area contributed by atoms with E-state index >= 15 is 0 Å². The Labute approximate surface area is 104 Å². The van der Waals surface area contributed by atoms with Gasteiger partial charge in [-0.15, -0.1) is 0 Å². The zero-order chi connectivity index (χ0) is 10.8. The summed E-state index contributed by atoms with van der Waals surface area (Å²) < 4.78 is 1.37. The number of aryl methyl sites for hydroxylation is 1. The van der Waals surface area contributed by atoms with Crippen LogP contribution in [0.25, 0.3) is 11.1 Å². The second kappa shape index (κ2) is 4.35. The first kappa shape index (κ1) is 10.7. The molecule has 1 heteroatoms. The summed E-state index contributed by atoms with van der Waals surface area (Å²) in [5.74, 6) is 0. The van der Waals surface area contributed by atoms with E-state index in [1.54, 1.807) is 0 Å². The molecule has 76 valence electrons. The molecule has 0 saturated heterocycles. The van der Waals surface area contributed by atoms with E-state index in [4.69, 9.17) is 0 Å². The molecule has 0 amide bonds. The average Bonchev–Trinajstić information content (AvgIpc) is 2.27. The summed E-state index contributed by atoms with van der Waals surface area (Å²) in [5.41, 5.74) is 5.37. The van der Waals surface area contributed by atoms with Crippen molar-refractivity contribution in [3.05, 3.63) is 57.2 Å². The smallest absolute Gasteiger partial charge is 0.0194 e. The second-order valence-electron chi connectivity index (χ2n) is 3.74. The van der Waals surface area contributed by atoms with Gasteiger partial charge >= 0.3 is 0 Å². The molecule has 0 spiro atoms. The van der Waals surface area contributed by atoms with Crippen molar-refractivity contribution in [1.82, 2.24) is 0 Å². The quantitative estimate of drug-likeness (QED) is 0.677. The molecule has 0 nitrogen and oxygen atoms in total. The molecule has 0 aromatic heterocycles. The van der Waals surface area contributed by atoms with Crippen molar-refractivity contribution in [2.75, 3.05) is 0 Å². The molecule has 0 aliphatic rings. The highest BCUT2D eigenvalue weighted by Gasteiger charge is 2.05. The first-order valence-corrected chi connectivity index (χ1v) is 6.09. The lowest BCUT2D eigenvalue weighted by Gasteiger charge is -2.10. The summed E-state index contributed by atoms with van der Waals surface area (Å²) in [5, 5.41) is 0. The minimum Gasteiger partial charge on any atom is -0.0622 e. The van der Waals surface area contributed by atoms with Crippen LogP contribution < -0.4 is 0 Å². The third kappa shape index (κ3) is 2.07. The molecule has 0 aliphatic carbocycles. The van der Waals surface area contributed by atoms with E-state index in [-0.39, 0.29) is 0 Å². The molecule has 0 bridgehead atoms. The first-order valence-electron chi connectivity index (χ1n) is 5.01. The zero-order valence-electron chi connectivity index (χ0n) is 8.92. The van der Waals surface area contributed by atoms with Crippen LogP contribution in [-0.2, 0) is 0 Å². The molecule has 2 rings (SSSR count). The van der Waals surface area contributed by atoms with Crippen LogP contribution >= 0.6 is 22.6 Å². The van der Waals surface area contributed by atoms with Crippen molar-refractivity contribution in [2.45, 2.75) is 13.8 Å². The van der Waals surface area contributed by atoms with E-state index in [1.807, 2.05) is 0 Å². The standard InChI is InChI=1S/C14H13I/c1-10-8-9-13(11(2)14(10)15)12-6-4-3-5-7-12/h3-9H,1-2H3. The molecule has 0 aliphatic heterocycles. The van der Waals surface area contributed by atoms with Gasteiger partial charge in [0.15, 0.2) is 0 Å². The highest BCUT2D eigenvalue weighted by Crippen LogP contribution is 2.28. The van der Waals surface area contributed by atoms with Crippen molar-refractivity contribution >= 4 is 22.6 Å². The topological polar surface area (TPSA) is 0 Å². The van der Waals surface area contributed by atoms with Crippen LogP contribution in [0.4, 0.5) is 0 Å². The lowest BCUT2D eigenvalue weighted by molar-refractivity contribution is 1.34. The predicted octanol–water partition coefficient (Wildman–Crippen LogP) is 4.58. The first-order chi connectivity index (χ1) is 7.20. The normalized spacial score (nSPS) is 10.3. The highest BCUT2D eigenvalue weighted by molar-refractivity contribution is 14.1. The van der Waals surface area contributed by atoms with Gasteiger partial charge in [0, 0.05) is 3.57 Å². The SMILES string of the molecule is Cc1ccc(-c2ccccc2)c(C)c1I. The summed E-state index contributed by atoms with van der Waals surface area (Å²) in [6, 6.07) is 14.9. The molecule has 15 heavy (non-hydrogen) atoms. The summed E-state index contributed by atoms with van der Waals surface area (Å²) in [6.07, 6.45) is 0. The molecule has 2 aromatic carbocycles. The van der Waals surface area contributed by atoms with Crippen molar-refractivity contribution in [1.29, 1.82) is 0 Å². The van der Waals surface area contributed by atoms with Gasteiger partial charge in [-0.1, -0.05) is 42.5 Å². The minimum absolute atomic E-state index is 1.30. The Morgan fingerprint density at radius 2 is 1.53 bits per heavy atom. The number of halogens is 1. The second-order valence-corrected chi connectivity index (χ2v) is 4.81. The van der Waals surface area contributed by atoms with Crippen LogP contribution in [0.1, 0.15) is 11.1 Å². The number of rotatable bonds is 1. The van der Waals surface area contributed by atoms with E-state index in [9.17, 15) is 0 Å². The fourth-order valence-electron chi connectivity index (χ4n) is 1.75. The van der Waals surface area contributed by atoms with Crippen molar-refractivity contribution in [2.24, 2.45) is 0 Å². The number of hydrogen-bond donors (Lipinski definition) is 0. The molecule has 0 N–H and O–H groups in total. The molecular weight excluding hydrogens is 295 g/mol. The summed E-state index contributed by atoms with van der Waals surface area (Å²) in [7, 11) is 0. The third-order valence-electron chi connectivity index (χ3n) is 2.66. The zero-order valence-corrected chi connectivity index (χ0v) is 11.1. The van der Waals surface area contributed by atoms with Gasteiger partial charge in [-0.2, -0.15) is 0 Å². The molecule has 0 heterocycles. The van der Waals surface area contributed by atoms with Crippen molar-refractivity contribution in [3.63, 3.8) is 0 Å². The van der Waals surface area contributed by atoms with Gasteiger partial charge in [0.05, 0.1) is 0 Å². The Hall–Kier alpha value is -0.830. The van der Waals surface area contributed by atoms with Gasteiger partial charge in [0.2, 0.25) is 0 Å². The maximum Gasteiger partial charge on any atom is 0.0194 e. The van der Waals surface area contributed by atoms with E-state index in [1.165, 1.54) is 25.8 Å². The van der Waals surface area contributed by atoms with E-state index in [2.05, 4.69) is 78.9 Å². The van der Waals surface area contributed by atoms with Gasteiger partial charge in [0.1, 0.15) is 0 Å². The number of benzene rings is 2. The summed E-state index contributed by atoms with van der Waals surface area (Å²) in [6.45, 7) is 4.35. The molecule has 0 atom stereocenters. The fraction of sp³-hybridized carbons (Fsp3) is 0.143. The van der Waals surface area contributed by atoms with E-state index in [0.29, 0.717) is 0 Å². The van der Waals surface area contributed by atoms with Crippen LogP contribution in [0, 0.1) is 17.4 Å². The van der Waals surface area contributed by atoms with Gasteiger partial charge < -0.3 is 0 Å². The van der Waals surface area contributed by atoms with E-state index < -0.39 is 0 Å². The number of hydrogen-bond acceptors (Lipinski definition) is 0. The predicted molar refractivity (Wildman–Crippen MR) is 74.1 cm³/mol. The molecule has 0 unspecified atom stereocenters. The van der Waals surface area contributed by atoms with Crippen LogP contribution in [0.3, 0.4) is 0 Å². The molecule has 0 fully saturated rings. The monoisotopic (exact) mass is 308 g/mol. The molecular formula is C14H13I. The Balaban J connectivity index is 2.60. The van der Waals surface area contributed by atoms with Crippen molar-refractivity contribution in [3.8, 4) is 11.1 Å². The maximum atomic E-state index is 2.42. The third-order valence-corrected chi connectivity index (χ3v) is 4.32. The van der Waals surface area contributed by atoms with Crippen LogP contribution in [0.15, 0.2) is 42.5 Å². The fourth-order valence-corrected chi connectivity index (χ4v) is 2.22. The van der Waals surface area contributed by atoms with Crippen molar-refractivity contribution < 1.29 is 0 Å². The average molecular weight is 308 g/mol. The molecule has 0 radical (unpaired) electrons. The van der Waals surface area contributed by atoms with Crippen LogP contribution in [0.5, 0.6) is 0 Å².